The second-order valence-electron chi connectivity index (χ2n) is 4.62. The number of nitrogens with one attached hydrogen (secondary N) is 2. The Bertz CT molecular complexity index is 490. The van der Waals surface area contributed by atoms with Crippen LogP contribution in [0.25, 0.3) is 0 Å². The zero-order valence-corrected chi connectivity index (χ0v) is 11.0. The Hall–Kier alpha value is -1.90. The molecule has 0 aliphatic carbocycles. The summed E-state index contributed by atoms with van der Waals surface area (Å²) in [6.45, 7) is 5.20. The highest BCUT2D eigenvalue weighted by molar-refractivity contribution is 5.92. The summed E-state index contributed by atoms with van der Waals surface area (Å²) in [5.41, 5.74) is 1.22. The molecule has 0 unspecified atom stereocenters. The van der Waals surface area contributed by atoms with E-state index in [0.29, 0.717) is 23.8 Å². The van der Waals surface area contributed by atoms with Crippen LogP contribution in [0.2, 0.25) is 0 Å². The Morgan fingerprint density at radius 3 is 2.95 bits per heavy atom. The molecule has 1 aliphatic rings. The fourth-order valence-corrected chi connectivity index (χ4v) is 2.08. The molecule has 1 aromatic rings. The predicted molar refractivity (Wildman–Crippen MR) is 73.7 cm³/mol. The van der Waals surface area contributed by atoms with Gasteiger partial charge in [-0.3, -0.25) is 9.69 Å². The zero-order chi connectivity index (χ0) is 13.7. The first kappa shape index (κ1) is 13.5. The van der Waals surface area contributed by atoms with Gasteiger partial charge in [-0.05, 0) is 24.7 Å². The number of hydrogen-bond acceptors (Lipinski definition) is 4. The van der Waals surface area contributed by atoms with Crippen LogP contribution in [0.3, 0.4) is 0 Å². The van der Waals surface area contributed by atoms with Gasteiger partial charge in [-0.2, -0.15) is 5.26 Å². The quantitative estimate of drug-likeness (QED) is 0.819. The standard InChI is InChI=1S/C14H18N4O/c1-2-18(13-8-16-9-13)10-14(19)17-12-5-3-4-11(6-12)7-15/h3-6,13,16H,2,8-10H2,1H3,(H,17,19). The van der Waals surface area contributed by atoms with Crippen molar-refractivity contribution < 1.29 is 4.79 Å². The molecule has 0 atom stereocenters. The Morgan fingerprint density at radius 2 is 2.37 bits per heavy atom. The zero-order valence-electron chi connectivity index (χ0n) is 11.0. The number of nitrogens with zero attached hydrogens (tertiary/aromatic N) is 2. The first-order valence-electron chi connectivity index (χ1n) is 6.47. The van der Waals surface area contributed by atoms with Gasteiger partial charge in [0.25, 0.3) is 0 Å². The maximum absolute atomic E-state index is 12.0. The largest absolute Gasteiger partial charge is 0.325 e. The number of rotatable bonds is 5. The number of amides is 1. The molecule has 1 saturated heterocycles. The van der Waals surface area contributed by atoms with Gasteiger partial charge < -0.3 is 10.6 Å². The molecule has 0 bridgehead atoms. The molecule has 0 spiro atoms. The lowest BCUT2D eigenvalue weighted by Crippen LogP contribution is -2.58. The molecular formula is C14H18N4O. The predicted octanol–water partition coefficient (Wildman–Crippen LogP) is 0.790. The molecule has 5 heteroatoms. The number of anilines is 1. The summed E-state index contributed by atoms with van der Waals surface area (Å²) >= 11 is 0. The Labute approximate surface area is 113 Å². The van der Waals surface area contributed by atoms with Crippen molar-refractivity contribution in [3.8, 4) is 6.07 Å². The third-order valence-electron chi connectivity index (χ3n) is 3.30. The third-order valence-corrected chi connectivity index (χ3v) is 3.30. The molecule has 1 heterocycles. The van der Waals surface area contributed by atoms with Gasteiger partial charge in [0.1, 0.15) is 0 Å². The number of carbonyl (C=O) groups excluding carboxylic acids is 1. The SMILES string of the molecule is CCN(CC(=O)Nc1cccc(C#N)c1)C1CNC1. The van der Waals surface area contributed by atoms with Crippen molar-refractivity contribution in [2.75, 3.05) is 31.5 Å². The minimum atomic E-state index is -0.0381. The van der Waals surface area contributed by atoms with Crippen molar-refractivity contribution in [3.63, 3.8) is 0 Å². The van der Waals surface area contributed by atoms with Crippen LogP contribution < -0.4 is 10.6 Å². The highest BCUT2D eigenvalue weighted by Crippen LogP contribution is 2.10. The van der Waals surface area contributed by atoms with Crippen LogP contribution in [0.4, 0.5) is 5.69 Å². The van der Waals surface area contributed by atoms with E-state index in [1.165, 1.54) is 0 Å². The average Bonchev–Trinajstić information content (AvgIpc) is 2.36. The number of carbonyl (C=O) groups is 1. The lowest BCUT2D eigenvalue weighted by molar-refractivity contribution is -0.118. The van der Waals surface area contributed by atoms with Crippen LogP contribution in [0.15, 0.2) is 24.3 Å². The van der Waals surface area contributed by atoms with Gasteiger partial charge in [0.05, 0.1) is 18.2 Å². The Morgan fingerprint density at radius 1 is 1.58 bits per heavy atom. The van der Waals surface area contributed by atoms with Crippen molar-refractivity contribution in [2.24, 2.45) is 0 Å². The lowest BCUT2D eigenvalue weighted by Gasteiger charge is -2.37. The summed E-state index contributed by atoms with van der Waals surface area (Å²) in [6, 6.07) is 9.47. The van der Waals surface area contributed by atoms with E-state index >= 15 is 0 Å². The summed E-state index contributed by atoms with van der Waals surface area (Å²) in [6.07, 6.45) is 0. The van der Waals surface area contributed by atoms with E-state index in [-0.39, 0.29) is 5.91 Å². The van der Waals surface area contributed by atoms with E-state index in [4.69, 9.17) is 5.26 Å². The van der Waals surface area contributed by atoms with Crippen molar-refractivity contribution in [1.82, 2.24) is 10.2 Å². The molecule has 2 N–H and O–H groups in total. The summed E-state index contributed by atoms with van der Waals surface area (Å²) in [4.78, 5) is 14.1. The number of benzene rings is 1. The number of hydrogen-bond donors (Lipinski definition) is 2. The minimum absolute atomic E-state index is 0.0381. The van der Waals surface area contributed by atoms with Gasteiger partial charge in [0, 0.05) is 24.8 Å². The van der Waals surface area contributed by atoms with Gasteiger partial charge in [0.2, 0.25) is 5.91 Å². The van der Waals surface area contributed by atoms with Crippen LogP contribution in [0.5, 0.6) is 0 Å². The minimum Gasteiger partial charge on any atom is -0.325 e. The van der Waals surface area contributed by atoms with Crippen molar-refractivity contribution in [1.29, 1.82) is 5.26 Å². The maximum Gasteiger partial charge on any atom is 0.238 e. The molecule has 0 saturated carbocycles. The van der Waals surface area contributed by atoms with Crippen molar-refractivity contribution >= 4 is 11.6 Å². The highest BCUT2D eigenvalue weighted by Gasteiger charge is 2.24. The van der Waals surface area contributed by atoms with Crippen LogP contribution in [0, 0.1) is 11.3 Å². The molecule has 2 rings (SSSR count). The molecule has 1 fully saturated rings. The fraction of sp³-hybridized carbons (Fsp3) is 0.429. The van der Waals surface area contributed by atoms with Gasteiger partial charge >= 0.3 is 0 Å². The average molecular weight is 258 g/mol. The maximum atomic E-state index is 12.0. The van der Waals surface area contributed by atoms with E-state index in [0.717, 1.165) is 19.6 Å². The van der Waals surface area contributed by atoms with Crippen LogP contribution in [-0.4, -0.2) is 43.0 Å². The molecule has 1 aliphatic heterocycles. The van der Waals surface area contributed by atoms with Crippen molar-refractivity contribution in [3.05, 3.63) is 29.8 Å². The summed E-state index contributed by atoms with van der Waals surface area (Å²) in [5.74, 6) is -0.0381. The van der Waals surface area contributed by atoms with Gasteiger partial charge in [-0.25, -0.2) is 0 Å². The van der Waals surface area contributed by atoms with E-state index in [1.807, 2.05) is 0 Å². The Balaban J connectivity index is 1.91. The topological polar surface area (TPSA) is 68.2 Å². The molecule has 5 nitrogen and oxygen atoms in total. The second-order valence-corrected chi connectivity index (χ2v) is 4.62. The molecule has 100 valence electrons. The number of likely N-dealkylation sites (N-methyl/N-ethyl adjacent to an activating group) is 1. The van der Waals surface area contributed by atoms with Crippen LogP contribution >= 0.6 is 0 Å². The first-order chi connectivity index (χ1) is 9.22. The molecule has 19 heavy (non-hydrogen) atoms. The molecule has 1 amide bonds. The highest BCUT2D eigenvalue weighted by atomic mass is 16.2. The van der Waals surface area contributed by atoms with Gasteiger partial charge in [0.15, 0.2) is 0 Å². The monoisotopic (exact) mass is 258 g/mol. The summed E-state index contributed by atoms with van der Waals surface area (Å²) in [5, 5.41) is 14.9. The lowest BCUT2D eigenvalue weighted by atomic mass is 10.1. The fourth-order valence-electron chi connectivity index (χ4n) is 2.08. The number of nitriles is 1. The first-order valence-corrected chi connectivity index (χ1v) is 6.47. The normalized spacial score (nSPS) is 14.8. The van der Waals surface area contributed by atoms with Gasteiger partial charge in [-0.1, -0.05) is 13.0 Å². The molecule has 1 aromatic carbocycles. The third kappa shape index (κ3) is 3.53. The molecular weight excluding hydrogens is 240 g/mol. The van der Waals surface area contributed by atoms with Crippen molar-refractivity contribution in [2.45, 2.75) is 13.0 Å². The van der Waals surface area contributed by atoms with E-state index in [1.54, 1.807) is 24.3 Å². The van der Waals surface area contributed by atoms with Gasteiger partial charge in [-0.15, -0.1) is 0 Å². The van der Waals surface area contributed by atoms with E-state index < -0.39 is 0 Å². The van der Waals surface area contributed by atoms with Crippen LogP contribution in [0.1, 0.15) is 12.5 Å². The molecule has 0 radical (unpaired) electrons. The smallest absolute Gasteiger partial charge is 0.238 e. The van der Waals surface area contributed by atoms with E-state index in [2.05, 4.69) is 28.5 Å². The van der Waals surface area contributed by atoms with Crippen LogP contribution in [-0.2, 0) is 4.79 Å². The Kier molecular flexibility index (Phi) is 4.50. The second kappa shape index (κ2) is 6.32. The summed E-state index contributed by atoms with van der Waals surface area (Å²) in [7, 11) is 0. The van der Waals surface area contributed by atoms with E-state index in [9.17, 15) is 4.79 Å². The molecule has 0 aromatic heterocycles. The summed E-state index contributed by atoms with van der Waals surface area (Å²) < 4.78 is 0.